The fourth-order valence-electron chi connectivity index (χ4n) is 1.53. The Kier molecular flexibility index (Phi) is 4.26. The highest BCUT2D eigenvalue weighted by molar-refractivity contribution is 9.10. The van der Waals surface area contributed by atoms with Crippen molar-refractivity contribution in [1.82, 2.24) is 15.1 Å². The van der Waals surface area contributed by atoms with E-state index in [-0.39, 0.29) is 16.8 Å². The van der Waals surface area contributed by atoms with Gasteiger partial charge >= 0.3 is 6.18 Å². The Labute approximate surface area is 120 Å². The number of halogens is 4. The minimum Gasteiger partial charge on any atom is -0.369 e. The summed E-state index contributed by atoms with van der Waals surface area (Å²) in [7, 11) is 0. The van der Waals surface area contributed by atoms with Crippen molar-refractivity contribution < 1.29 is 17.7 Å². The maximum Gasteiger partial charge on any atom is 0.419 e. The highest BCUT2D eigenvalue weighted by Gasteiger charge is 2.34. The second-order valence-corrected chi connectivity index (χ2v) is 4.87. The quantitative estimate of drug-likeness (QED) is 0.917. The van der Waals surface area contributed by atoms with Gasteiger partial charge in [0.1, 0.15) is 5.82 Å². The van der Waals surface area contributed by atoms with Crippen LogP contribution in [0.25, 0.3) is 0 Å². The predicted molar refractivity (Wildman–Crippen MR) is 68.2 cm³/mol. The molecule has 0 aromatic carbocycles. The molecule has 0 aliphatic carbocycles. The molecular weight excluding hydrogens is 341 g/mol. The lowest BCUT2D eigenvalue weighted by Crippen LogP contribution is -2.14. The van der Waals surface area contributed by atoms with Crippen LogP contribution in [0.3, 0.4) is 0 Å². The summed E-state index contributed by atoms with van der Waals surface area (Å²) < 4.78 is 43.6. The van der Waals surface area contributed by atoms with E-state index in [9.17, 15) is 13.2 Å². The summed E-state index contributed by atoms with van der Waals surface area (Å²) in [6.07, 6.45) is -2.83. The maximum atomic E-state index is 12.8. The minimum absolute atomic E-state index is 0.219. The van der Waals surface area contributed by atoms with Crippen molar-refractivity contribution in [2.45, 2.75) is 19.5 Å². The van der Waals surface area contributed by atoms with E-state index in [1.54, 1.807) is 6.92 Å². The highest BCUT2D eigenvalue weighted by Crippen LogP contribution is 2.35. The molecule has 0 unspecified atom stereocenters. The van der Waals surface area contributed by atoms with Crippen LogP contribution in [0.15, 0.2) is 21.3 Å². The molecule has 2 rings (SSSR count). The van der Waals surface area contributed by atoms with E-state index in [0.29, 0.717) is 18.1 Å². The smallest absolute Gasteiger partial charge is 0.369 e. The summed E-state index contributed by atoms with van der Waals surface area (Å²) in [5.41, 5.74) is -0.823. The van der Waals surface area contributed by atoms with Gasteiger partial charge in [0.05, 0.1) is 5.56 Å². The standard InChI is InChI=1S/C11H10BrF3N4O/c1-6-18-9(19-20-6)2-3-16-10-8(11(13,14)15)4-7(12)5-17-10/h4-5H,2-3H2,1H3,(H,16,17). The van der Waals surface area contributed by atoms with Crippen molar-refractivity contribution in [3.05, 3.63) is 34.0 Å². The fraction of sp³-hybridized carbons (Fsp3) is 0.364. The zero-order valence-corrected chi connectivity index (χ0v) is 11.9. The monoisotopic (exact) mass is 350 g/mol. The lowest BCUT2D eigenvalue weighted by molar-refractivity contribution is -0.137. The topological polar surface area (TPSA) is 63.8 Å². The van der Waals surface area contributed by atoms with Gasteiger partial charge in [0, 0.05) is 30.6 Å². The van der Waals surface area contributed by atoms with Gasteiger partial charge in [0.15, 0.2) is 5.82 Å². The molecule has 0 spiro atoms. The number of hydrogen-bond donors (Lipinski definition) is 1. The Morgan fingerprint density at radius 2 is 2.15 bits per heavy atom. The van der Waals surface area contributed by atoms with Crippen molar-refractivity contribution in [2.75, 3.05) is 11.9 Å². The second kappa shape index (κ2) is 5.78. The number of anilines is 1. The number of alkyl halides is 3. The Morgan fingerprint density at radius 3 is 2.75 bits per heavy atom. The van der Waals surface area contributed by atoms with Crippen molar-refractivity contribution >= 4 is 21.7 Å². The molecule has 0 aliphatic rings. The van der Waals surface area contributed by atoms with Gasteiger partial charge in [0.25, 0.3) is 0 Å². The van der Waals surface area contributed by atoms with Crippen molar-refractivity contribution in [1.29, 1.82) is 0 Å². The van der Waals surface area contributed by atoms with Gasteiger partial charge in [-0.05, 0) is 22.0 Å². The van der Waals surface area contributed by atoms with E-state index >= 15 is 0 Å². The number of nitrogens with zero attached hydrogens (tertiary/aromatic N) is 3. The molecule has 1 N–H and O–H groups in total. The first-order valence-corrected chi connectivity index (χ1v) is 6.41. The molecule has 5 nitrogen and oxygen atoms in total. The molecule has 9 heteroatoms. The third kappa shape index (κ3) is 3.69. The summed E-state index contributed by atoms with van der Waals surface area (Å²) in [6.45, 7) is 1.86. The van der Waals surface area contributed by atoms with E-state index < -0.39 is 11.7 Å². The lowest BCUT2D eigenvalue weighted by atomic mass is 10.2. The average molecular weight is 351 g/mol. The molecule has 0 saturated carbocycles. The Bertz CT molecular complexity index is 600. The number of aryl methyl sites for hydroxylation is 1. The molecule has 20 heavy (non-hydrogen) atoms. The summed E-state index contributed by atoms with van der Waals surface area (Å²) in [4.78, 5) is 7.70. The van der Waals surface area contributed by atoms with Gasteiger partial charge in [0.2, 0.25) is 5.89 Å². The molecule has 2 heterocycles. The lowest BCUT2D eigenvalue weighted by Gasteiger charge is -2.13. The van der Waals surface area contributed by atoms with Crippen LogP contribution in [0.1, 0.15) is 17.3 Å². The summed E-state index contributed by atoms with van der Waals surface area (Å²) in [6, 6.07) is 0.980. The number of pyridine rings is 1. The Balaban J connectivity index is 2.06. The van der Waals surface area contributed by atoms with Gasteiger partial charge in [-0.3, -0.25) is 0 Å². The van der Waals surface area contributed by atoms with Crippen molar-refractivity contribution in [3.8, 4) is 0 Å². The number of nitrogens with one attached hydrogen (secondary N) is 1. The van der Waals surface area contributed by atoms with Gasteiger partial charge < -0.3 is 9.84 Å². The molecule has 0 amide bonds. The maximum absolute atomic E-state index is 12.8. The largest absolute Gasteiger partial charge is 0.419 e. The first kappa shape index (κ1) is 14.8. The van der Waals surface area contributed by atoms with Crippen LogP contribution in [-0.4, -0.2) is 21.7 Å². The highest BCUT2D eigenvalue weighted by atomic mass is 79.9. The van der Waals surface area contributed by atoms with Gasteiger partial charge in [-0.15, -0.1) is 0 Å². The summed E-state index contributed by atoms with van der Waals surface area (Å²) >= 11 is 2.97. The third-order valence-electron chi connectivity index (χ3n) is 2.37. The summed E-state index contributed by atoms with van der Waals surface area (Å²) in [5.74, 6) is 0.624. The molecule has 0 atom stereocenters. The zero-order valence-electron chi connectivity index (χ0n) is 10.3. The van der Waals surface area contributed by atoms with E-state index in [4.69, 9.17) is 4.52 Å². The van der Waals surface area contributed by atoms with E-state index in [2.05, 4.69) is 36.4 Å². The molecule has 108 valence electrons. The molecule has 2 aromatic heterocycles. The minimum atomic E-state index is -4.47. The van der Waals surface area contributed by atoms with Crippen LogP contribution in [0.4, 0.5) is 19.0 Å². The van der Waals surface area contributed by atoms with Crippen LogP contribution >= 0.6 is 15.9 Å². The average Bonchev–Trinajstić information content (AvgIpc) is 2.76. The Hall–Kier alpha value is -1.64. The first-order valence-electron chi connectivity index (χ1n) is 5.62. The number of rotatable bonds is 4. The molecule has 0 aliphatic heterocycles. The van der Waals surface area contributed by atoms with Crippen LogP contribution in [-0.2, 0) is 12.6 Å². The molecule has 0 fully saturated rings. The Morgan fingerprint density at radius 1 is 1.40 bits per heavy atom. The molecule has 2 aromatic rings. The number of aromatic nitrogens is 3. The van der Waals surface area contributed by atoms with E-state index in [0.717, 1.165) is 6.07 Å². The molecular formula is C11H10BrF3N4O. The third-order valence-corrected chi connectivity index (χ3v) is 2.80. The van der Waals surface area contributed by atoms with Crippen molar-refractivity contribution in [3.63, 3.8) is 0 Å². The van der Waals surface area contributed by atoms with E-state index in [1.165, 1.54) is 6.20 Å². The molecule has 0 radical (unpaired) electrons. The van der Waals surface area contributed by atoms with Crippen molar-refractivity contribution in [2.24, 2.45) is 0 Å². The SMILES string of the molecule is Cc1nc(CCNc2ncc(Br)cc2C(F)(F)F)no1. The van der Waals surface area contributed by atoms with Crippen LogP contribution in [0, 0.1) is 6.92 Å². The normalized spacial score (nSPS) is 11.7. The fourth-order valence-corrected chi connectivity index (χ4v) is 1.86. The van der Waals surface area contributed by atoms with Crippen LogP contribution < -0.4 is 5.32 Å². The van der Waals surface area contributed by atoms with Gasteiger partial charge in [-0.1, -0.05) is 5.16 Å². The molecule has 0 saturated heterocycles. The van der Waals surface area contributed by atoms with Gasteiger partial charge in [-0.25, -0.2) is 4.98 Å². The van der Waals surface area contributed by atoms with Crippen LogP contribution in [0.2, 0.25) is 0 Å². The molecule has 0 bridgehead atoms. The second-order valence-electron chi connectivity index (χ2n) is 3.95. The van der Waals surface area contributed by atoms with Crippen LogP contribution in [0.5, 0.6) is 0 Å². The number of hydrogen-bond acceptors (Lipinski definition) is 5. The van der Waals surface area contributed by atoms with Gasteiger partial charge in [-0.2, -0.15) is 18.2 Å². The predicted octanol–water partition coefficient (Wildman–Crippen LogP) is 3.21. The first-order chi connectivity index (χ1) is 9.36. The summed E-state index contributed by atoms with van der Waals surface area (Å²) in [5, 5.41) is 6.29. The van der Waals surface area contributed by atoms with E-state index in [1.807, 2.05) is 0 Å². The zero-order chi connectivity index (χ0) is 14.8.